The molecule has 19 heavy (non-hydrogen) atoms. The molecule has 3 nitrogen and oxygen atoms in total. The van der Waals surface area contributed by atoms with Crippen LogP contribution in [0.4, 0.5) is 5.82 Å². The van der Waals surface area contributed by atoms with Crippen molar-refractivity contribution >= 4 is 28.4 Å². The van der Waals surface area contributed by atoms with Gasteiger partial charge in [-0.25, -0.2) is 0 Å². The van der Waals surface area contributed by atoms with Crippen molar-refractivity contribution in [1.29, 1.82) is 0 Å². The molecule has 1 atom stereocenters. The van der Waals surface area contributed by atoms with Crippen LogP contribution in [0.15, 0.2) is 22.7 Å². The average Bonchev–Trinajstić information content (AvgIpc) is 2.77. The van der Waals surface area contributed by atoms with Crippen LogP contribution in [0, 0.1) is 5.92 Å². The highest BCUT2D eigenvalue weighted by Crippen LogP contribution is 2.23. The van der Waals surface area contributed by atoms with Crippen LogP contribution in [0.5, 0.6) is 0 Å². The molecule has 0 aliphatic rings. The lowest BCUT2D eigenvalue weighted by molar-refractivity contribution is 0.460. The standard InChI is InChI=1S/C8H18.C7H5ClN2O/c1-4-6-7-8(3)5-2;8-4-1-2-5-6(3-4)11-10-7(5)9/h8H,4-7H2,1-3H3;1-3H,(H2,9,10). The number of hydrogen-bond donors (Lipinski definition) is 1. The second-order valence-corrected chi connectivity index (χ2v) is 5.30. The number of halogens is 1. The topological polar surface area (TPSA) is 52.0 Å². The Morgan fingerprint density at radius 2 is 2.11 bits per heavy atom. The molecule has 1 aromatic carbocycles. The predicted octanol–water partition coefficient (Wildman–Crippen LogP) is 5.29. The lowest BCUT2D eigenvalue weighted by Crippen LogP contribution is -1.89. The van der Waals surface area contributed by atoms with Crippen LogP contribution >= 0.6 is 11.6 Å². The molecule has 0 radical (unpaired) electrons. The quantitative estimate of drug-likeness (QED) is 0.829. The highest BCUT2D eigenvalue weighted by Gasteiger charge is 2.03. The van der Waals surface area contributed by atoms with Gasteiger partial charge in [0.25, 0.3) is 0 Å². The fraction of sp³-hybridized carbons (Fsp3) is 0.533. The molecule has 2 aromatic rings. The van der Waals surface area contributed by atoms with E-state index >= 15 is 0 Å². The Hall–Kier alpha value is -1.22. The molecule has 0 amide bonds. The van der Waals surface area contributed by atoms with Crippen LogP contribution in [0.3, 0.4) is 0 Å². The Labute approximate surface area is 120 Å². The van der Waals surface area contributed by atoms with Crippen molar-refractivity contribution in [1.82, 2.24) is 5.16 Å². The molecular weight excluding hydrogens is 260 g/mol. The number of benzene rings is 1. The number of aromatic nitrogens is 1. The summed E-state index contributed by atoms with van der Waals surface area (Å²) < 4.78 is 4.87. The van der Waals surface area contributed by atoms with Gasteiger partial charge in [0.2, 0.25) is 0 Å². The maximum Gasteiger partial charge on any atom is 0.174 e. The highest BCUT2D eigenvalue weighted by atomic mass is 35.5. The predicted molar refractivity (Wildman–Crippen MR) is 82.4 cm³/mol. The molecule has 1 unspecified atom stereocenters. The van der Waals surface area contributed by atoms with Crippen LogP contribution in [0.2, 0.25) is 5.02 Å². The van der Waals surface area contributed by atoms with E-state index in [0.29, 0.717) is 16.4 Å². The first-order valence-corrected chi connectivity index (χ1v) is 7.26. The van der Waals surface area contributed by atoms with Crippen molar-refractivity contribution in [3.63, 3.8) is 0 Å². The largest absolute Gasteiger partial charge is 0.380 e. The molecule has 0 aliphatic carbocycles. The number of fused-ring (bicyclic) bond motifs is 1. The zero-order valence-corrected chi connectivity index (χ0v) is 12.7. The van der Waals surface area contributed by atoms with Crippen LogP contribution in [-0.4, -0.2) is 5.16 Å². The summed E-state index contributed by atoms with van der Waals surface area (Å²) in [6, 6.07) is 5.21. The van der Waals surface area contributed by atoms with Gasteiger partial charge in [-0.1, -0.05) is 63.2 Å². The van der Waals surface area contributed by atoms with E-state index in [1.54, 1.807) is 18.2 Å². The molecule has 1 aromatic heterocycles. The fourth-order valence-electron chi connectivity index (χ4n) is 1.69. The molecule has 0 aliphatic heterocycles. The van der Waals surface area contributed by atoms with Gasteiger partial charge in [0.1, 0.15) is 0 Å². The number of nitrogen functional groups attached to an aromatic ring is 1. The van der Waals surface area contributed by atoms with Gasteiger partial charge in [0, 0.05) is 11.1 Å². The van der Waals surface area contributed by atoms with Crippen LogP contribution in [0.1, 0.15) is 46.5 Å². The maximum atomic E-state index is 5.70. The van der Waals surface area contributed by atoms with E-state index in [-0.39, 0.29) is 0 Å². The Morgan fingerprint density at radius 1 is 1.37 bits per heavy atom. The molecule has 0 fully saturated rings. The summed E-state index contributed by atoms with van der Waals surface area (Å²) in [5.74, 6) is 1.35. The van der Waals surface area contributed by atoms with Crippen molar-refractivity contribution in [3.05, 3.63) is 23.2 Å². The van der Waals surface area contributed by atoms with E-state index in [9.17, 15) is 0 Å². The number of nitrogens with zero attached hydrogens (tertiary/aromatic N) is 1. The normalized spacial score (nSPS) is 12.0. The number of anilines is 1. The monoisotopic (exact) mass is 282 g/mol. The van der Waals surface area contributed by atoms with E-state index in [1.807, 2.05) is 0 Å². The van der Waals surface area contributed by atoms with Gasteiger partial charge in [-0.15, -0.1) is 0 Å². The van der Waals surface area contributed by atoms with Crippen molar-refractivity contribution in [2.45, 2.75) is 46.5 Å². The zero-order valence-electron chi connectivity index (χ0n) is 11.9. The molecular formula is C15H23ClN2O. The van der Waals surface area contributed by atoms with E-state index < -0.39 is 0 Å². The zero-order chi connectivity index (χ0) is 14.3. The van der Waals surface area contributed by atoms with E-state index in [2.05, 4.69) is 25.9 Å². The van der Waals surface area contributed by atoms with E-state index in [1.165, 1.54) is 25.7 Å². The molecule has 2 rings (SSSR count). The second-order valence-electron chi connectivity index (χ2n) is 4.86. The third-order valence-corrected chi connectivity index (χ3v) is 3.44. The summed E-state index contributed by atoms with van der Waals surface area (Å²) in [5, 5.41) is 5.00. The van der Waals surface area contributed by atoms with Crippen LogP contribution < -0.4 is 5.73 Å². The minimum atomic E-state index is 0.400. The highest BCUT2D eigenvalue weighted by molar-refractivity contribution is 6.31. The van der Waals surface area contributed by atoms with Gasteiger partial charge in [-0.05, 0) is 18.1 Å². The van der Waals surface area contributed by atoms with Crippen molar-refractivity contribution in [2.75, 3.05) is 5.73 Å². The molecule has 1 heterocycles. The number of nitrogens with two attached hydrogens (primary N) is 1. The molecule has 0 spiro atoms. The number of hydrogen-bond acceptors (Lipinski definition) is 3. The third kappa shape index (κ3) is 5.11. The van der Waals surface area contributed by atoms with E-state index in [4.69, 9.17) is 21.9 Å². The lowest BCUT2D eigenvalue weighted by Gasteiger charge is -2.04. The Bertz CT molecular complexity index is 496. The summed E-state index contributed by atoms with van der Waals surface area (Å²) >= 11 is 5.70. The van der Waals surface area contributed by atoms with Crippen molar-refractivity contribution in [2.24, 2.45) is 5.92 Å². The summed E-state index contributed by atoms with van der Waals surface area (Å²) in [6.07, 6.45) is 5.53. The first-order valence-electron chi connectivity index (χ1n) is 6.88. The molecule has 4 heteroatoms. The minimum Gasteiger partial charge on any atom is -0.380 e. The minimum absolute atomic E-state index is 0.400. The summed E-state index contributed by atoms with van der Waals surface area (Å²) in [4.78, 5) is 0. The summed E-state index contributed by atoms with van der Waals surface area (Å²) in [6.45, 7) is 6.85. The van der Waals surface area contributed by atoms with Gasteiger partial charge < -0.3 is 10.3 Å². The molecule has 106 valence electrons. The molecule has 2 N–H and O–H groups in total. The third-order valence-electron chi connectivity index (χ3n) is 3.21. The van der Waals surface area contributed by atoms with Gasteiger partial charge in [-0.3, -0.25) is 0 Å². The van der Waals surface area contributed by atoms with Gasteiger partial charge in [0.05, 0.1) is 5.39 Å². The second kappa shape index (κ2) is 8.05. The van der Waals surface area contributed by atoms with Crippen LogP contribution in [-0.2, 0) is 0 Å². The van der Waals surface area contributed by atoms with Gasteiger partial charge in [0.15, 0.2) is 11.4 Å². The van der Waals surface area contributed by atoms with Crippen molar-refractivity contribution in [3.8, 4) is 0 Å². The van der Waals surface area contributed by atoms with E-state index in [0.717, 1.165) is 11.3 Å². The average molecular weight is 283 g/mol. The molecule has 0 bridgehead atoms. The number of rotatable bonds is 4. The Balaban J connectivity index is 0.000000203. The van der Waals surface area contributed by atoms with Gasteiger partial charge >= 0.3 is 0 Å². The van der Waals surface area contributed by atoms with Crippen LogP contribution in [0.25, 0.3) is 11.0 Å². The summed E-state index contributed by atoms with van der Waals surface area (Å²) in [5.41, 5.74) is 6.10. The van der Waals surface area contributed by atoms with Gasteiger partial charge in [-0.2, -0.15) is 0 Å². The Kier molecular flexibility index (Phi) is 6.71. The first kappa shape index (κ1) is 15.8. The molecule has 0 saturated carbocycles. The first-order chi connectivity index (χ1) is 9.08. The summed E-state index contributed by atoms with van der Waals surface area (Å²) in [7, 11) is 0. The fourth-order valence-corrected chi connectivity index (χ4v) is 1.85. The lowest BCUT2D eigenvalue weighted by atomic mass is 10.0. The smallest absolute Gasteiger partial charge is 0.174 e. The maximum absolute atomic E-state index is 5.70. The van der Waals surface area contributed by atoms with Crippen molar-refractivity contribution < 1.29 is 4.52 Å². The SMILES string of the molecule is CCCCC(C)CC.Nc1noc2cc(Cl)ccc12. The molecule has 0 saturated heterocycles. The number of unbranched alkanes of at least 4 members (excludes halogenated alkanes) is 1. The Morgan fingerprint density at radius 3 is 2.74 bits per heavy atom.